The molecule has 1 amide bonds. The number of hydrogen-bond acceptors (Lipinski definition) is 3. The molecule has 1 aliphatic heterocycles. The van der Waals surface area contributed by atoms with E-state index in [1.165, 1.54) is 11.1 Å². The third-order valence-electron chi connectivity index (χ3n) is 4.51. The molecular formula is C22H33N3O2. The zero-order valence-electron chi connectivity index (χ0n) is 17.6. The highest BCUT2D eigenvalue weighted by molar-refractivity contribution is 5.99. The first-order chi connectivity index (χ1) is 12.6. The summed E-state index contributed by atoms with van der Waals surface area (Å²) < 4.78 is 5.47. The lowest BCUT2D eigenvalue weighted by atomic mass is 10.1. The highest BCUT2D eigenvalue weighted by Gasteiger charge is 2.27. The van der Waals surface area contributed by atoms with Crippen LogP contribution in [0.25, 0.3) is 0 Å². The number of carbonyl (C=O) groups is 1. The van der Waals surface area contributed by atoms with E-state index in [9.17, 15) is 4.79 Å². The summed E-state index contributed by atoms with van der Waals surface area (Å²) in [4.78, 5) is 21.1. The van der Waals surface area contributed by atoms with Crippen molar-refractivity contribution in [3.05, 3.63) is 41.5 Å². The number of benzene rings is 1. The molecular weight excluding hydrogens is 338 g/mol. The molecule has 2 rings (SSSR count). The second-order valence-corrected chi connectivity index (χ2v) is 8.14. The molecule has 0 aliphatic carbocycles. The number of piperazine rings is 1. The van der Waals surface area contributed by atoms with Gasteiger partial charge < -0.3 is 14.5 Å². The Morgan fingerprint density at radius 1 is 1.19 bits per heavy atom. The molecule has 1 saturated heterocycles. The maximum Gasteiger partial charge on any atom is 0.410 e. The monoisotopic (exact) mass is 371 g/mol. The van der Waals surface area contributed by atoms with E-state index in [1.54, 1.807) is 4.90 Å². The van der Waals surface area contributed by atoms with Gasteiger partial charge >= 0.3 is 6.09 Å². The summed E-state index contributed by atoms with van der Waals surface area (Å²) in [7, 11) is 0. The molecule has 0 atom stereocenters. The molecule has 0 spiro atoms. The highest BCUT2D eigenvalue weighted by Crippen LogP contribution is 2.22. The van der Waals surface area contributed by atoms with Gasteiger partial charge in [-0.2, -0.15) is 0 Å². The van der Waals surface area contributed by atoms with E-state index in [-0.39, 0.29) is 6.09 Å². The number of hydrogen-bond donors (Lipinski definition) is 0. The van der Waals surface area contributed by atoms with Crippen molar-refractivity contribution in [3.8, 4) is 0 Å². The van der Waals surface area contributed by atoms with E-state index in [1.807, 2.05) is 27.7 Å². The van der Waals surface area contributed by atoms with Gasteiger partial charge in [-0.05, 0) is 63.8 Å². The van der Waals surface area contributed by atoms with E-state index in [0.29, 0.717) is 13.1 Å². The van der Waals surface area contributed by atoms with E-state index >= 15 is 0 Å². The standard InChI is InChI=1S/C22H33N3O2/c1-8-18-9-10-19(17(4)15-18)23-20(16(2)3)24-11-13-25(14-12-24)21(26)27-22(5,6)7/h9-10,15H,2,8,11-14H2,1,3-7H3. The third-order valence-corrected chi connectivity index (χ3v) is 4.51. The van der Waals surface area contributed by atoms with E-state index in [0.717, 1.165) is 36.6 Å². The number of amidine groups is 1. The van der Waals surface area contributed by atoms with Gasteiger partial charge in [0, 0.05) is 26.2 Å². The van der Waals surface area contributed by atoms with E-state index < -0.39 is 5.60 Å². The van der Waals surface area contributed by atoms with Crippen LogP contribution in [-0.2, 0) is 11.2 Å². The Morgan fingerprint density at radius 3 is 2.26 bits per heavy atom. The van der Waals surface area contributed by atoms with Crippen LogP contribution in [0.5, 0.6) is 0 Å². The molecule has 5 nitrogen and oxygen atoms in total. The summed E-state index contributed by atoms with van der Waals surface area (Å²) in [5.41, 5.74) is 3.91. The molecule has 0 N–H and O–H groups in total. The number of nitrogens with zero attached hydrogens (tertiary/aromatic N) is 3. The number of aryl methyl sites for hydroxylation is 2. The van der Waals surface area contributed by atoms with Gasteiger partial charge in [-0.15, -0.1) is 0 Å². The Morgan fingerprint density at radius 2 is 1.78 bits per heavy atom. The minimum Gasteiger partial charge on any atom is -0.444 e. The van der Waals surface area contributed by atoms with Crippen molar-refractivity contribution in [3.63, 3.8) is 0 Å². The topological polar surface area (TPSA) is 45.1 Å². The summed E-state index contributed by atoms with van der Waals surface area (Å²) in [5, 5.41) is 0. The van der Waals surface area contributed by atoms with Gasteiger partial charge in [0.15, 0.2) is 0 Å². The molecule has 1 aromatic carbocycles. The van der Waals surface area contributed by atoms with Crippen LogP contribution >= 0.6 is 0 Å². The van der Waals surface area contributed by atoms with Crippen LogP contribution in [0.1, 0.15) is 45.7 Å². The highest BCUT2D eigenvalue weighted by atomic mass is 16.6. The molecule has 0 unspecified atom stereocenters. The second-order valence-electron chi connectivity index (χ2n) is 8.14. The maximum atomic E-state index is 12.3. The van der Waals surface area contributed by atoms with Crippen molar-refractivity contribution in [1.29, 1.82) is 0 Å². The molecule has 1 heterocycles. The van der Waals surface area contributed by atoms with Crippen LogP contribution in [0.4, 0.5) is 10.5 Å². The summed E-state index contributed by atoms with van der Waals surface area (Å²) in [6.45, 7) is 18.7. The van der Waals surface area contributed by atoms with Crippen LogP contribution in [0.3, 0.4) is 0 Å². The SMILES string of the molecule is C=C(C)C(=Nc1ccc(CC)cc1C)N1CCN(C(=O)OC(C)(C)C)CC1. The Labute approximate surface area is 163 Å². The molecule has 5 heteroatoms. The van der Waals surface area contributed by atoms with Crippen molar-refractivity contribution in [2.75, 3.05) is 26.2 Å². The number of rotatable bonds is 3. The van der Waals surface area contributed by atoms with Gasteiger partial charge in [0.2, 0.25) is 0 Å². The Bertz CT molecular complexity index is 724. The van der Waals surface area contributed by atoms with Crippen molar-refractivity contribution in [2.45, 2.75) is 53.6 Å². The van der Waals surface area contributed by atoms with Crippen molar-refractivity contribution in [2.24, 2.45) is 4.99 Å². The van der Waals surface area contributed by atoms with Gasteiger partial charge in [-0.25, -0.2) is 9.79 Å². The molecule has 1 fully saturated rings. The largest absolute Gasteiger partial charge is 0.444 e. The van der Waals surface area contributed by atoms with Crippen molar-refractivity contribution >= 4 is 17.6 Å². The van der Waals surface area contributed by atoms with E-state index in [4.69, 9.17) is 9.73 Å². The molecule has 1 aliphatic rings. The van der Waals surface area contributed by atoms with Crippen LogP contribution < -0.4 is 0 Å². The fourth-order valence-electron chi connectivity index (χ4n) is 3.04. The normalized spacial score (nSPS) is 15.7. The average molecular weight is 372 g/mol. The zero-order valence-corrected chi connectivity index (χ0v) is 17.6. The molecule has 27 heavy (non-hydrogen) atoms. The molecule has 0 bridgehead atoms. The van der Waals surface area contributed by atoms with Crippen molar-refractivity contribution < 1.29 is 9.53 Å². The average Bonchev–Trinajstić information content (AvgIpc) is 2.59. The minimum absolute atomic E-state index is 0.248. The lowest BCUT2D eigenvalue weighted by Gasteiger charge is -2.37. The van der Waals surface area contributed by atoms with Gasteiger partial charge in [0.1, 0.15) is 11.4 Å². The Kier molecular flexibility index (Phi) is 6.68. The zero-order chi connectivity index (χ0) is 20.2. The number of carbonyl (C=O) groups excluding carboxylic acids is 1. The molecule has 0 radical (unpaired) electrons. The lowest BCUT2D eigenvalue weighted by molar-refractivity contribution is 0.0187. The number of amides is 1. The summed E-state index contributed by atoms with van der Waals surface area (Å²) in [6.07, 6.45) is 0.770. The molecule has 1 aromatic rings. The summed E-state index contributed by atoms with van der Waals surface area (Å²) in [6, 6.07) is 6.39. The van der Waals surface area contributed by atoms with Gasteiger partial charge in [0.05, 0.1) is 5.69 Å². The maximum absolute atomic E-state index is 12.3. The van der Waals surface area contributed by atoms with Crippen molar-refractivity contribution in [1.82, 2.24) is 9.80 Å². The fraction of sp³-hybridized carbons (Fsp3) is 0.545. The third kappa shape index (κ3) is 5.84. The smallest absolute Gasteiger partial charge is 0.410 e. The van der Waals surface area contributed by atoms with Crippen LogP contribution in [-0.4, -0.2) is 53.5 Å². The predicted octanol–water partition coefficient (Wildman–Crippen LogP) is 4.72. The Hall–Kier alpha value is -2.30. The molecule has 0 aromatic heterocycles. The lowest BCUT2D eigenvalue weighted by Crippen LogP contribution is -2.51. The number of aliphatic imine (C=N–C) groups is 1. The van der Waals surface area contributed by atoms with Gasteiger partial charge in [0.25, 0.3) is 0 Å². The van der Waals surface area contributed by atoms with E-state index in [2.05, 4.69) is 43.5 Å². The minimum atomic E-state index is -0.472. The predicted molar refractivity (Wildman–Crippen MR) is 112 cm³/mol. The van der Waals surface area contributed by atoms with Crippen LogP contribution in [0.2, 0.25) is 0 Å². The van der Waals surface area contributed by atoms with Crippen LogP contribution in [0, 0.1) is 6.92 Å². The summed E-state index contributed by atoms with van der Waals surface area (Å²) >= 11 is 0. The first-order valence-corrected chi connectivity index (χ1v) is 9.67. The number of ether oxygens (including phenoxy) is 1. The fourth-order valence-corrected chi connectivity index (χ4v) is 3.04. The Balaban J connectivity index is 2.11. The first-order valence-electron chi connectivity index (χ1n) is 9.67. The molecule has 0 saturated carbocycles. The molecule has 148 valence electrons. The quantitative estimate of drug-likeness (QED) is 0.571. The first kappa shape index (κ1) is 21.0. The van der Waals surface area contributed by atoms with Crippen LogP contribution in [0.15, 0.2) is 35.3 Å². The van der Waals surface area contributed by atoms with Gasteiger partial charge in [-0.3, -0.25) is 0 Å². The van der Waals surface area contributed by atoms with Gasteiger partial charge in [-0.1, -0.05) is 25.6 Å². The second kappa shape index (κ2) is 8.59. The summed E-state index contributed by atoms with van der Waals surface area (Å²) in [5.74, 6) is 0.895.